The van der Waals surface area contributed by atoms with Gasteiger partial charge in [-0.25, -0.2) is 0 Å². The van der Waals surface area contributed by atoms with Gasteiger partial charge < -0.3 is 33.3 Å². The van der Waals surface area contributed by atoms with Gasteiger partial charge in [-0.15, -0.1) is 0 Å². The normalized spacial score (nSPS) is 12.8. The van der Waals surface area contributed by atoms with Crippen LogP contribution in [-0.4, -0.2) is 82.3 Å². The lowest BCUT2D eigenvalue weighted by Gasteiger charge is -2.26. The van der Waals surface area contributed by atoms with Crippen LogP contribution in [0.15, 0.2) is 0 Å². The quantitative estimate of drug-likeness (QED) is 0.0257. The highest BCUT2D eigenvalue weighted by Crippen LogP contribution is 2.17. The van der Waals surface area contributed by atoms with E-state index in [1.807, 2.05) is 21.1 Å². The van der Waals surface area contributed by atoms with Crippen LogP contribution in [0.2, 0.25) is 0 Å². The van der Waals surface area contributed by atoms with E-state index >= 15 is 0 Å². The third-order valence-corrected chi connectivity index (χ3v) is 11.6. The molecule has 0 spiro atoms. The van der Waals surface area contributed by atoms with Crippen LogP contribution >= 0.6 is 0 Å². The van der Waals surface area contributed by atoms with Gasteiger partial charge in [-0.05, 0) is 12.8 Å². The number of unbranched alkanes of at least 4 members (excludes halogenated alkanes) is 33. The van der Waals surface area contributed by atoms with Crippen LogP contribution in [0.25, 0.3) is 0 Å². The lowest BCUT2D eigenvalue weighted by molar-refractivity contribution is -0.870. The monoisotopic (exact) mass is 854 g/mol. The first-order valence-corrected chi connectivity index (χ1v) is 25.7. The molecule has 9 nitrogen and oxygen atoms in total. The highest BCUT2D eigenvalue weighted by Gasteiger charge is 2.22. The van der Waals surface area contributed by atoms with E-state index in [0.717, 1.165) is 38.5 Å². The van der Waals surface area contributed by atoms with Crippen molar-refractivity contribution in [3.63, 3.8) is 0 Å². The zero-order valence-corrected chi connectivity index (χ0v) is 40.4. The third kappa shape index (κ3) is 44.3. The minimum atomic E-state index is -1.61. The molecule has 0 aromatic carbocycles. The summed E-state index contributed by atoms with van der Waals surface area (Å²) in [6, 6.07) is 0. The summed E-state index contributed by atoms with van der Waals surface area (Å²) < 4.78 is 22.6. The van der Waals surface area contributed by atoms with Crippen LogP contribution in [0, 0.1) is 0 Å². The molecule has 0 aromatic heterocycles. The van der Waals surface area contributed by atoms with Crippen LogP contribution in [0.5, 0.6) is 0 Å². The fourth-order valence-electron chi connectivity index (χ4n) is 7.60. The minimum absolute atomic E-state index is 0.153. The molecule has 0 bridgehead atoms. The summed E-state index contributed by atoms with van der Waals surface area (Å²) in [7, 11) is 5.93. The number of quaternary nitrogens is 1. The van der Waals surface area contributed by atoms with Crippen molar-refractivity contribution in [2.45, 2.75) is 264 Å². The number of rotatable bonds is 48. The molecule has 0 saturated heterocycles. The van der Waals surface area contributed by atoms with Gasteiger partial charge in [0, 0.05) is 12.8 Å². The first kappa shape index (κ1) is 58.3. The molecular weight excluding hydrogens is 755 g/mol. The van der Waals surface area contributed by atoms with Crippen LogP contribution in [0.4, 0.5) is 0 Å². The lowest BCUT2D eigenvalue weighted by Crippen LogP contribution is -2.44. The van der Waals surface area contributed by atoms with Crippen molar-refractivity contribution in [3.8, 4) is 0 Å². The Labute approximate surface area is 371 Å². The maximum Gasteiger partial charge on any atom is 0.306 e. The molecule has 0 heterocycles. The number of nitrogens with zero attached hydrogens (tertiary/aromatic N) is 1. The van der Waals surface area contributed by atoms with E-state index < -0.39 is 24.3 Å². The number of carboxylic acids is 1. The molecule has 0 aliphatic carbocycles. The Morgan fingerprint density at radius 1 is 0.433 bits per heavy atom. The zero-order valence-electron chi connectivity index (χ0n) is 40.4. The number of esters is 2. The Morgan fingerprint density at radius 3 is 1.07 bits per heavy atom. The summed E-state index contributed by atoms with van der Waals surface area (Å²) >= 11 is 0. The molecule has 356 valence electrons. The SMILES string of the molecule is CCCCCCCCCCCCCCCCCCCCCCC(=O)OC(COC(=O)CCCCCCCCCCCCCCCCC)COC(OCC[N+](C)(C)C)C(=O)[O-]. The molecule has 0 amide bonds. The second-order valence-electron chi connectivity index (χ2n) is 18.8. The number of likely N-dealkylation sites (N-methyl/N-ethyl adjacent to an activating group) is 1. The topological polar surface area (TPSA) is 111 Å². The van der Waals surface area contributed by atoms with Crippen LogP contribution < -0.4 is 5.11 Å². The molecule has 2 unspecified atom stereocenters. The summed E-state index contributed by atoms with van der Waals surface area (Å²) in [5.41, 5.74) is 0. The summed E-state index contributed by atoms with van der Waals surface area (Å²) in [6.45, 7) is 4.80. The Bertz CT molecular complexity index is 954. The Kier molecular flexibility index (Phi) is 42.7. The number of carboxylic acid groups (broad SMARTS) is 1. The molecule has 0 aliphatic heterocycles. The predicted octanol–water partition coefficient (Wildman–Crippen LogP) is 12.7. The van der Waals surface area contributed by atoms with Crippen LogP contribution in [0.3, 0.4) is 0 Å². The smallest absolute Gasteiger partial charge is 0.306 e. The molecule has 9 heteroatoms. The zero-order chi connectivity index (χ0) is 44.2. The summed E-state index contributed by atoms with van der Waals surface area (Å²) in [5.74, 6) is -2.26. The molecule has 0 aliphatic rings. The first-order chi connectivity index (χ1) is 29.1. The average Bonchev–Trinajstić information content (AvgIpc) is 3.21. The van der Waals surface area contributed by atoms with Gasteiger partial charge >= 0.3 is 11.9 Å². The Balaban J connectivity index is 4.28. The largest absolute Gasteiger partial charge is 0.545 e. The standard InChI is InChI=1S/C51H99NO8/c1-6-8-10-12-14-16-18-20-22-23-24-25-26-28-30-32-34-36-38-40-42-49(54)60-47(46-59-51(50(55)56)57-44-43-52(3,4)5)45-58-48(53)41-39-37-35-33-31-29-27-21-19-17-15-13-11-9-7-2/h47,51H,6-46H2,1-5H3. The van der Waals surface area contributed by atoms with E-state index in [1.165, 1.54) is 186 Å². The van der Waals surface area contributed by atoms with Crippen LogP contribution in [-0.2, 0) is 33.3 Å². The van der Waals surface area contributed by atoms with Gasteiger partial charge in [0.25, 0.3) is 0 Å². The lowest BCUT2D eigenvalue weighted by atomic mass is 10.0. The van der Waals surface area contributed by atoms with Gasteiger partial charge in [0.15, 0.2) is 12.4 Å². The maximum absolute atomic E-state index is 12.8. The van der Waals surface area contributed by atoms with Crippen molar-refractivity contribution in [1.29, 1.82) is 0 Å². The van der Waals surface area contributed by atoms with E-state index in [1.54, 1.807) is 0 Å². The second kappa shape index (κ2) is 43.9. The number of hydrogen-bond acceptors (Lipinski definition) is 8. The molecule has 0 N–H and O–H groups in total. The molecule has 0 aromatic rings. The second-order valence-corrected chi connectivity index (χ2v) is 18.8. The van der Waals surface area contributed by atoms with E-state index in [2.05, 4.69) is 13.8 Å². The highest BCUT2D eigenvalue weighted by molar-refractivity contribution is 5.70. The van der Waals surface area contributed by atoms with Crippen molar-refractivity contribution in [2.24, 2.45) is 0 Å². The average molecular weight is 854 g/mol. The number of ether oxygens (including phenoxy) is 4. The van der Waals surface area contributed by atoms with E-state index in [9.17, 15) is 19.5 Å². The Morgan fingerprint density at radius 2 is 0.750 bits per heavy atom. The maximum atomic E-state index is 12.8. The number of hydrogen-bond donors (Lipinski definition) is 0. The number of aliphatic carboxylic acids is 1. The fourth-order valence-corrected chi connectivity index (χ4v) is 7.60. The van der Waals surface area contributed by atoms with Gasteiger partial charge in [0.1, 0.15) is 13.2 Å². The number of carbonyl (C=O) groups is 3. The van der Waals surface area contributed by atoms with Crippen LogP contribution in [0.1, 0.15) is 251 Å². The van der Waals surface area contributed by atoms with Crippen molar-refractivity contribution < 1.29 is 42.9 Å². The van der Waals surface area contributed by atoms with Gasteiger partial charge in [-0.2, -0.15) is 0 Å². The summed E-state index contributed by atoms with van der Waals surface area (Å²) in [5, 5.41) is 11.7. The third-order valence-electron chi connectivity index (χ3n) is 11.6. The van der Waals surface area contributed by atoms with Gasteiger partial charge in [-0.3, -0.25) is 9.59 Å². The van der Waals surface area contributed by atoms with E-state index in [4.69, 9.17) is 18.9 Å². The summed E-state index contributed by atoms with van der Waals surface area (Å²) in [6.07, 6.45) is 42.7. The van der Waals surface area contributed by atoms with E-state index in [-0.39, 0.29) is 32.2 Å². The van der Waals surface area contributed by atoms with Crippen molar-refractivity contribution in [1.82, 2.24) is 0 Å². The molecule has 60 heavy (non-hydrogen) atoms. The molecule has 0 fully saturated rings. The van der Waals surface area contributed by atoms with Gasteiger partial charge in [0.05, 0.1) is 40.3 Å². The fraction of sp³-hybridized carbons (Fsp3) is 0.941. The number of carbonyl (C=O) groups excluding carboxylic acids is 3. The Hall–Kier alpha value is -1.71. The molecule has 0 rings (SSSR count). The van der Waals surface area contributed by atoms with Crippen molar-refractivity contribution in [3.05, 3.63) is 0 Å². The predicted molar refractivity (Wildman–Crippen MR) is 247 cm³/mol. The molecule has 0 radical (unpaired) electrons. The van der Waals surface area contributed by atoms with Crippen molar-refractivity contribution in [2.75, 3.05) is 47.5 Å². The molecule has 2 atom stereocenters. The summed E-state index contributed by atoms with van der Waals surface area (Å²) in [4.78, 5) is 37.1. The minimum Gasteiger partial charge on any atom is -0.545 e. The van der Waals surface area contributed by atoms with E-state index in [0.29, 0.717) is 17.4 Å². The van der Waals surface area contributed by atoms with Crippen molar-refractivity contribution >= 4 is 17.9 Å². The molecule has 0 saturated carbocycles. The molecular formula is C51H99NO8. The first-order valence-electron chi connectivity index (χ1n) is 25.7. The van der Waals surface area contributed by atoms with Gasteiger partial charge in [-0.1, -0.05) is 226 Å². The van der Waals surface area contributed by atoms with Gasteiger partial charge in [0.2, 0.25) is 0 Å². The highest BCUT2D eigenvalue weighted by atomic mass is 16.7.